The van der Waals surface area contributed by atoms with E-state index < -0.39 is 0 Å². The van der Waals surface area contributed by atoms with Crippen LogP contribution < -0.4 is 10.3 Å². The zero-order chi connectivity index (χ0) is 21.4. The molecular weight excluding hydrogens is 414 g/mol. The molecule has 1 saturated heterocycles. The zero-order valence-corrected chi connectivity index (χ0v) is 17.9. The summed E-state index contributed by atoms with van der Waals surface area (Å²) < 4.78 is 13.4. The monoisotopic (exact) mass is 435 g/mol. The summed E-state index contributed by atoms with van der Waals surface area (Å²) >= 11 is 6.18. The number of aromatic amines is 1. The molecule has 2 aromatic carbocycles. The molecule has 3 heterocycles. The van der Waals surface area contributed by atoms with Gasteiger partial charge in [0.2, 0.25) is 5.56 Å². The lowest BCUT2D eigenvalue weighted by atomic mass is 10.00. The van der Waals surface area contributed by atoms with Gasteiger partial charge < -0.3 is 19.0 Å². The SMILES string of the molecule is Cn1cc(-c2ccc3[nH]c(C4CCOCC4)nc3c2Oc2cccc(Cl)c2)ccc1=O. The Hall–Kier alpha value is -3.09. The minimum absolute atomic E-state index is 0.0660. The number of hydrogen-bond donors (Lipinski definition) is 1. The molecule has 0 aliphatic carbocycles. The number of imidazole rings is 1. The van der Waals surface area contributed by atoms with Gasteiger partial charge in [-0.2, -0.15) is 0 Å². The fourth-order valence-electron chi connectivity index (χ4n) is 3.97. The van der Waals surface area contributed by atoms with Gasteiger partial charge in [0.15, 0.2) is 5.75 Å². The molecule has 0 unspecified atom stereocenters. The first-order valence-corrected chi connectivity index (χ1v) is 10.7. The Bertz CT molecular complexity index is 1310. The first kappa shape index (κ1) is 19.8. The van der Waals surface area contributed by atoms with Gasteiger partial charge in [-0.3, -0.25) is 4.79 Å². The highest BCUT2D eigenvalue weighted by Crippen LogP contribution is 2.40. The van der Waals surface area contributed by atoms with Crippen LogP contribution in [0.5, 0.6) is 11.5 Å². The third kappa shape index (κ3) is 3.96. The van der Waals surface area contributed by atoms with Crippen molar-refractivity contribution >= 4 is 22.6 Å². The highest BCUT2D eigenvalue weighted by atomic mass is 35.5. The molecule has 2 aromatic heterocycles. The summed E-state index contributed by atoms with van der Waals surface area (Å²) in [6.07, 6.45) is 3.69. The topological polar surface area (TPSA) is 69.1 Å². The van der Waals surface area contributed by atoms with E-state index in [1.165, 1.54) is 0 Å². The molecule has 5 rings (SSSR count). The van der Waals surface area contributed by atoms with Crippen molar-refractivity contribution in [1.29, 1.82) is 0 Å². The van der Waals surface area contributed by atoms with Crippen LogP contribution in [0, 0.1) is 0 Å². The molecule has 1 fully saturated rings. The molecule has 0 spiro atoms. The molecule has 6 nitrogen and oxygen atoms in total. The minimum Gasteiger partial charge on any atom is -0.454 e. The molecule has 158 valence electrons. The number of benzene rings is 2. The van der Waals surface area contributed by atoms with E-state index in [0.717, 1.165) is 54.0 Å². The van der Waals surface area contributed by atoms with Crippen LogP contribution in [0.2, 0.25) is 5.02 Å². The fourth-order valence-corrected chi connectivity index (χ4v) is 4.15. The maximum atomic E-state index is 11.9. The Morgan fingerprint density at radius 1 is 1.16 bits per heavy atom. The number of aromatic nitrogens is 3. The number of rotatable bonds is 4. The lowest BCUT2D eigenvalue weighted by molar-refractivity contribution is 0.0838. The number of nitrogens with zero attached hydrogens (tertiary/aromatic N) is 2. The van der Waals surface area contributed by atoms with Crippen molar-refractivity contribution in [3.8, 4) is 22.6 Å². The largest absolute Gasteiger partial charge is 0.454 e. The van der Waals surface area contributed by atoms with Gasteiger partial charge in [0.05, 0.1) is 5.52 Å². The number of nitrogens with one attached hydrogen (secondary N) is 1. The van der Waals surface area contributed by atoms with Crippen molar-refractivity contribution in [2.24, 2.45) is 7.05 Å². The van der Waals surface area contributed by atoms with Gasteiger partial charge in [-0.25, -0.2) is 4.98 Å². The summed E-state index contributed by atoms with van der Waals surface area (Å²) in [6, 6.07) is 14.7. The van der Waals surface area contributed by atoms with Crippen molar-refractivity contribution in [1.82, 2.24) is 14.5 Å². The third-order valence-electron chi connectivity index (χ3n) is 5.65. The number of aryl methyl sites for hydroxylation is 1. The number of hydrogen-bond acceptors (Lipinski definition) is 4. The molecule has 0 atom stereocenters. The third-order valence-corrected chi connectivity index (χ3v) is 5.88. The zero-order valence-electron chi connectivity index (χ0n) is 17.1. The predicted molar refractivity (Wildman–Crippen MR) is 121 cm³/mol. The van der Waals surface area contributed by atoms with E-state index in [0.29, 0.717) is 22.4 Å². The number of halogens is 1. The van der Waals surface area contributed by atoms with E-state index in [4.69, 9.17) is 26.1 Å². The number of H-pyrrole nitrogens is 1. The number of pyridine rings is 1. The lowest BCUT2D eigenvalue weighted by Crippen LogP contribution is -2.15. The molecule has 31 heavy (non-hydrogen) atoms. The molecule has 0 amide bonds. The minimum atomic E-state index is -0.0660. The van der Waals surface area contributed by atoms with Gasteiger partial charge in [-0.15, -0.1) is 0 Å². The van der Waals surface area contributed by atoms with Gasteiger partial charge in [-0.1, -0.05) is 17.7 Å². The van der Waals surface area contributed by atoms with Crippen LogP contribution in [-0.2, 0) is 11.8 Å². The van der Waals surface area contributed by atoms with Crippen LogP contribution in [-0.4, -0.2) is 27.7 Å². The Kier molecular flexibility index (Phi) is 5.26. The molecule has 1 aliphatic rings. The normalized spacial score (nSPS) is 14.8. The summed E-state index contributed by atoms with van der Waals surface area (Å²) in [5.74, 6) is 2.54. The number of ether oxygens (including phenoxy) is 2. The molecule has 0 bridgehead atoms. The highest BCUT2D eigenvalue weighted by molar-refractivity contribution is 6.30. The summed E-state index contributed by atoms with van der Waals surface area (Å²) in [7, 11) is 1.74. The van der Waals surface area contributed by atoms with E-state index in [9.17, 15) is 4.79 Å². The first-order valence-electron chi connectivity index (χ1n) is 10.3. The molecule has 7 heteroatoms. The standard InChI is InChI=1S/C24H22ClN3O3/c1-28-14-16(5-8-21(28)29)19-6-7-20-22(23(19)31-18-4-2-3-17(25)13-18)27-24(26-20)15-9-11-30-12-10-15/h2-8,13-15H,9-12H2,1H3,(H,26,27). The summed E-state index contributed by atoms with van der Waals surface area (Å²) in [6.45, 7) is 1.49. The van der Waals surface area contributed by atoms with Crippen molar-refractivity contribution in [3.05, 3.63) is 75.9 Å². The Balaban J connectivity index is 1.67. The Morgan fingerprint density at radius 2 is 2.00 bits per heavy atom. The predicted octanol–water partition coefficient (Wildman–Crippen LogP) is 5.27. The van der Waals surface area contributed by atoms with Gasteiger partial charge in [0, 0.05) is 54.6 Å². The van der Waals surface area contributed by atoms with E-state index in [-0.39, 0.29) is 5.56 Å². The Labute approximate surface area is 184 Å². The molecule has 0 saturated carbocycles. The maximum absolute atomic E-state index is 11.9. The van der Waals surface area contributed by atoms with E-state index in [2.05, 4.69) is 4.98 Å². The van der Waals surface area contributed by atoms with Crippen LogP contribution >= 0.6 is 11.6 Å². The molecular formula is C24H22ClN3O3. The maximum Gasteiger partial charge on any atom is 0.250 e. The average molecular weight is 436 g/mol. The fraction of sp³-hybridized carbons (Fsp3) is 0.250. The van der Waals surface area contributed by atoms with E-state index in [1.807, 2.05) is 24.3 Å². The van der Waals surface area contributed by atoms with Crippen molar-refractivity contribution in [2.75, 3.05) is 13.2 Å². The van der Waals surface area contributed by atoms with Gasteiger partial charge in [0.1, 0.15) is 17.1 Å². The van der Waals surface area contributed by atoms with Gasteiger partial charge in [0.25, 0.3) is 0 Å². The quantitative estimate of drug-likeness (QED) is 0.474. The molecule has 4 aromatic rings. The summed E-state index contributed by atoms with van der Waals surface area (Å²) in [4.78, 5) is 20.3. The summed E-state index contributed by atoms with van der Waals surface area (Å²) in [5.41, 5.74) is 3.33. The highest BCUT2D eigenvalue weighted by Gasteiger charge is 2.22. The van der Waals surface area contributed by atoms with E-state index in [1.54, 1.807) is 42.1 Å². The van der Waals surface area contributed by atoms with Gasteiger partial charge >= 0.3 is 0 Å². The van der Waals surface area contributed by atoms with Crippen LogP contribution in [0.4, 0.5) is 0 Å². The lowest BCUT2D eigenvalue weighted by Gasteiger charge is -2.19. The summed E-state index contributed by atoms with van der Waals surface area (Å²) in [5, 5.41) is 0.596. The average Bonchev–Trinajstić information content (AvgIpc) is 3.22. The first-order chi connectivity index (χ1) is 15.1. The van der Waals surface area contributed by atoms with Gasteiger partial charge in [-0.05, 0) is 49.2 Å². The van der Waals surface area contributed by atoms with Crippen molar-refractivity contribution < 1.29 is 9.47 Å². The van der Waals surface area contributed by atoms with Crippen molar-refractivity contribution in [2.45, 2.75) is 18.8 Å². The molecule has 0 radical (unpaired) electrons. The van der Waals surface area contributed by atoms with Crippen molar-refractivity contribution in [3.63, 3.8) is 0 Å². The smallest absolute Gasteiger partial charge is 0.250 e. The van der Waals surface area contributed by atoms with Crippen LogP contribution in [0.3, 0.4) is 0 Å². The number of fused-ring (bicyclic) bond motifs is 1. The molecule has 1 aliphatic heterocycles. The second-order valence-electron chi connectivity index (χ2n) is 7.77. The molecule has 1 N–H and O–H groups in total. The van der Waals surface area contributed by atoms with Crippen LogP contribution in [0.25, 0.3) is 22.2 Å². The Morgan fingerprint density at radius 3 is 2.77 bits per heavy atom. The van der Waals surface area contributed by atoms with Crippen LogP contribution in [0.1, 0.15) is 24.6 Å². The second-order valence-corrected chi connectivity index (χ2v) is 8.21. The van der Waals surface area contributed by atoms with Crippen LogP contribution in [0.15, 0.2) is 59.5 Å². The van der Waals surface area contributed by atoms with E-state index >= 15 is 0 Å². The second kappa shape index (κ2) is 8.21.